The van der Waals surface area contributed by atoms with Crippen LogP contribution in [0.4, 0.5) is 0 Å². The Balaban J connectivity index is 1.59. The molecule has 2 N–H and O–H groups in total. The molecule has 2 aromatic heterocycles. The maximum atomic E-state index is 12.3. The summed E-state index contributed by atoms with van der Waals surface area (Å²) in [7, 11) is 0. The van der Waals surface area contributed by atoms with Gasteiger partial charge in [-0.05, 0) is 37.5 Å². The van der Waals surface area contributed by atoms with Gasteiger partial charge < -0.3 is 9.97 Å². The molecule has 130 valence electrons. The third-order valence-corrected chi connectivity index (χ3v) is 5.01. The summed E-state index contributed by atoms with van der Waals surface area (Å²) < 4.78 is 0. The Morgan fingerprint density at radius 1 is 1.32 bits per heavy atom. The summed E-state index contributed by atoms with van der Waals surface area (Å²) in [6, 6.07) is 6.50. The number of benzene rings is 1. The fourth-order valence-corrected chi connectivity index (χ4v) is 3.70. The number of fused-ring (bicyclic) bond motifs is 2. The lowest BCUT2D eigenvalue weighted by Gasteiger charge is -2.27. The molecule has 0 spiro atoms. The standard InChI is InChI=1S/C20H24N4O/c1-3-4-19-22-18-12-24(8-7-15(18)20(25)23-19)11-14-10-21-17-6-5-13(2)9-16(14)17/h5-6,9-10,21H,3-4,7-8,11-12H2,1-2H3,(H,22,23,25). The maximum Gasteiger partial charge on any atom is 0.254 e. The Labute approximate surface area is 147 Å². The van der Waals surface area contributed by atoms with E-state index in [1.165, 1.54) is 22.0 Å². The fourth-order valence-electron chi connectivity index (χ4n) is 3.70. The molecule has 1 aromatic carbocycles. The van der Waals surface area contributed by atoms with Crippen molar-refractivity contribution in [2.45, 2.75) is 46.2 Å². The number of nitrogens with one attached hydrogen (secondary N) is 2. The van der Waals surface area contributed by atoms with Gasteiger partial charge in [-0.1, -0.05) is 18.6 Å². The zero-order valence-electron chi connectivity index (χ0n) is 14.9. The van der Waals surface area contributed by atoms with Gasteiger partial charge in [0.1, 0.15) is 5.82 Å². The molecule has 3 aromatic rings. The smallest absolute Gasteiger partial charge is 0.254 e. The minimum atomic E-state index is 0.0517. The van der Waals surface area contributed by atoms with E-state index in [-0.39, 0.29) is 5.56 Å². The summed E-state index contributed by atoms with van der Waals surface area (Å²) in [6.45, 7) is 6.74. The summed E-state index contributed by atoms with van der Waals surface area (Å²) in [5.74, 6) is 0.816. The van der Waals surface area contributed by atoms with E-state index in [9.17, 15) is 4.79 Å². The van der Waals surface area contributed by atoms with Crippen LogP contribution in [0.1, 0.15) is 41.6 Å². The lowest BCUT2D eigenvalue weighted by atomic mass is 10.0. The van der Waals surface area contributed by atoms with Crippen molar-refractivity contribution in [1.29, 1.82) is 0 Å². The van der Waals surface area contributed by atoms with Crippen molar-refractivity contribution in [1.82, 2.24) is 19.9 Å². The van der Waals surface area contributed by atoms with Crippen LogP contribution in [-0.2, 0) is 25.9 Å². The van der Waals surface area contributed by atoms with Crippen LogP contribution >= 0.6 is 0 Å². The van der Waals surface area contributed by atoms with Gasteiger partial charge in [-0.2, -0.15) is 0 Å². The predicted molar refractivity (Wildman–Crippen MR) is 99.7 cm³/mol. The molecule has 4 rings (SSSR count). The van der Waals surface area contributed by atoms with Crippen molar-refractivity contribution >= 4 is 10.9 Å². The molecular formula is C20H24N4O. The van der Waals surface area contributed by atoms with E-state index in [1.54, 1.807) is 0 Å². The van der Waals surface area contributed by atoms with Crippen LogP contribution in [0.15, 0.2) is 29.2 Å². The van der Waals surface area contributed by atoms with Gasteiger partial charge in [0.2, 0.25) is 0 Å². The molecule has 5 heteroatoms. The highest BCUT2D eigenvalue weighted by atomic mass is 16.1. The van der Waals surface area contributed by atoms with E-state index in [2.05, 4.69) is 53.1 Å². The first-order chi connectivity index (χ1) is 12.1. The number of aromatic nitrogens is 3. The van der Waals surface area contributed by atoms with Gasteiger partial charge >= 0.3 is 0 Å². The van der Waals surface area contributed by atoms with Crippen LogP contribution in [0, 0.1) is 6.92 Å². The number of aryl methyl sites for hydroxylation is 2. The molecule has 0 fully saturated rings. The SMILES string of the molecule is CCCc1nc2c(c(=O)[nH]1)CCN(Cc1c[nH]c3ccc(C)cc13)C2. The predicted octanol–water partition coefficient (Wildman–Crippen LogP) is 3.07. The number of H-pyrrole nitrogens is 2. The van der Waals surface area contributed by atoms with Crippen molar-refractivity contribution in [2.75, 3.05) is 6.54 Å². The van der Waals surface area contributed by atoms with Crippen molar-refractivity contribution in [3.8, 4) is 0 Å². The van der Waals surface area contributed by atoms with Gasteiger partial charge in [0.05, 0.1) is 5.69 Å². The number of aromatic amines is 2. The second-order valence-electron chi connectivity index (χ2n) is 7.01. The summed E-state index contributed by atoms with van der Waals surface area (Å²) in [4.78, 5) is 25.7. The lowest BCUT2D eigenvalue weighted by molar-refractivity contribution is 0.241. The van der Waals surface area contributed by atoms with Crippen molar-refractivity contribution in [2.24, 2.45) is 0 Å². The van der Waals surface area contributed by atoms with Gasteiger partial charge in [0.15, 0.2) is 0 Å². The van der Waals surface area contributed by atoms with Crippen molar-refractivity contribution in [3.63, 3.8) is 0 Å². The molecule has 3 heterocycles. The first kappa shape index (κ1) is 16.1. The van der Waals surface area contributed by atoms with E-state index in [4.69, 9.17) is 4.98 Å². The number of rotatable bonds is 4. The highest BCUT2D eigenvalue weighted by Gasteiger charge is 2.21. The Hall–Kier alpha value is -2.40. The van der Waals surface area contributed by atoms with Crippen LogP contribution in [0.3, 0.4) is 0 Å². The Morgan fingerprint density at radius 3 is 3.04 bits per heavy atom. The van der Waals surface area contributed by atoms with Gasteiger partial charge in [0.25, 0.3) is 5.56 Å². The molecule has 0 saturated heterocycles. The molecule has 0 radical (unpaired) electrons. The van der Waals surface area contributed by atoms with Crippen LogP contribution in [0.25, 0.3) is 10.9 Å². The van der Waals surface area contributed by atoms with Crippen molar-refractivity contribution < 1.29 is 0 Å². The molecule has 0 unspecified atom stereocenters. The molecule has 0 amide bonds. The average Bonchev–Trinajstić information content (AvgIpc) is 2.97. The van der Waals surface area contributed by atoms with E-state index in [0.717, 1.165) is 56.0 Å². The van der Waals surface area contributed by atoms with Crippen LogP contribution in [0.2, 0.25) is 0 Å². The highest BCUT2D eigenvalue weighted by Crippen LogP contribution is 2.23. The minimum Gasteiger partial charge on any atom is -0.361 e. The van der Waals surface area contributed by atoms with Gasteiger partial charge in [-0.25, -0.2) is 4.98 Å². The quantitative estimate of drug-likeness (QED) is 0.769. The number of hydrogen-bond acceptors (Lipinski definition) is 3. The molecule has 0 saturated carbocycles. The fraction of sp³-hybridized carbons (Fsp3) is 0.400. The average molecular weight is 336 g/mol. The van der Waals surface area contributed by atoms with Gasteiger partial charge in [-0.3, -0.25) is 9.69 Å². The van der Waals surface area contributed by atoms with E-state index in [0.29, 0.717) is 0 Å². The number of nitrogens with zero attached hydrogens (tertiary/aromatic N) is 2. The molecular weight excluding hydrogens is 312 g/mol. The van der Waals surface area contributed by atoms with Crippen LogP contribution in [-0.4, -0.2) is 26.4 Å². The molecule has 1 aliphatic heterocycles. The Kier molecular flexibility index (Phi) is 4.17. The van der Waals surface area contributed by atoms with Crippen molar-refractivity contribution in [3.05, 3.63) is 63.0 Å². The second-order valence-corrected chi connectivity index (χ2v) is 7.01. The summed E-state index contributed by atoms with van der Waals surface area (Å²) in [5, 5.41) is 1.29. The zero-order valence-corrected chi connectivity index (χ0v) is 14.9. The van der Waals surface area contributed by atoms with E-state index >= 15 is 0 Å². The summed E-state index contributed by atoms with van der Waals surface area (Å²) in [5.41, 5.74) is 5.63. The van der Waals surface area contributed by atoms with Crippen LogP contribution < -0.4 is 5.56 Å². The maximum absolute atomic E-state index is 12.3. The third-order valence-electron chi connectivity index (χ3n) is 5.01. The second kappa shape index (κ2) is 6.48. The largest absolute Gasteiger partial charge is 0.361 e. The monoisotopic (exact) mass is 336 g/mol. The summed E-state index contributed by atoms with van der Waals surface area (Å²) >= 11 is 0. The molecule has 1 aliphatic rings. The van der Waals surface area contributed by atoms with Gasteiger partial charge in [0, 0.05) is 48.7 Å². The number of hydrogen-bond donors (Lipinski definition) is 2. The van der Waals surface area contributed by atoms with Gasteiger partial charge in [-0.15, -0.1) is 0 Å². The first-order valence-corrected chi connectivity index (χ1v) is 9.04. The van der Waals surface area contributed by atoms with E-state index in [1.807, 2.05) is 0 Å². The molecule has 5 nitrogen and oxygen atoms in total. The first-order valence-electron chi connectivity index (χ1n) is 9.04. The topological polar surface area (TPSA) is 64.8 Å². The van der Waals surface area contributed by atoms with E-state index < -0.39 is 0 Å². The minimum absolute atomic E-state index is 0.0517. The highest BCUT2D eigenvalue weighted by molar-refractivity contribution is 5.83. The molecule has 0 aliphatic carbocycles. The third kappa shape index (κ3) is 3.12. The molecule has 0 bridgehead atoms. The van der Waals surface area contributed by atoms with Crippen LogP contribution in [0.5, 0.6) is 0 Å². The summed E-state index contributed by atoms with van der Waals surface area (Å²) in [6.07, 6.45) is 4.68. The zero-order chi connectivity index (χ0) is 17.4. The molecule has 0 atom stereocenters. The molecule has 25 heavy (non-hydrogen) atoms. The Morgan fingerprint density at radius 2 is 2.20 bits per heavy atom. The lowest BCUT2D eigenvalue weighted by Crippen LogP contribution is -2.35. The Bertz CT molecular complexity index is 969. The normalized spacial score (nSPS) is 14.8.